The number of hydrogen-bond donors (Lipinski definition) is 2. The zero-order valence-electron chi connectivity index (χ0n) is 22.9. The van der Waals surface area contributed by atoms with Crippen molar-refractivity contribution in [2.24, 2.45) is 11.3 Å². The van der Waals surface area contributed by atoms with Gasteiger partial charge in [0.25, 0.3) is 0 Å². The van der Waals surface area contributed by atoms with Crippen LogP contribution >= 0.6 is 0 Å². The van der Waals surface area contributed by atoms with Gasteiger partial charge in [-0.25, -0.2) is 4.79 Å². The molecule has 0 saturated carbocycles. The van der Waals surface area contributed by atoms with Gasteiger partial charge in [-0.3, -0.25) is 9.59 Å². The van der Waals surface area contributed by atoms with Crippen LogP contribution in [-0.4, -0.2) is 47.2 Å². The van der Waals surface area contributed by atoms with Gasteiger partial charge in [-0.05, 0) is 47.6 Å². The molecule has 1 atom stereocenters. The summed E-state index contributed by atoms with van der Waals surface area (Å²) in [7, 11) is 0. The van der Waals surface area contributed by atoms with Crippen LogP contribution in [0.1, 0.15) is 50.3 Å². The van der Waals surface area contributed by atoms with Crippen molar-refractivity contribution < 1.29 is 24.2 Å². The Morgan fingerprint density at radius 3 is 1.97 bits per heavy atom. The first-order valence-electron chi connectivity index (χ1n) is 13.3. The van der Waals surface area contributed by atoms with Crippen molar-refractivity contribution in [1.82, 2.24) is 10.2 Å². The molecule has 4 rings (SSSR count). The van der Waals surface area contributed by atoms with Crippen LogP contribution in [0, 0.1) is 11.3 Å². The molecular formula is C32H36N2O5. The van der Waals surface area contributed by atoms with E-state index in [1.54, 1.807) is 13.8 Å². The molecule has 0 bridgehead atoms. The van der Waals surface area contributed by atoms with E-state index in [0.29, 0.717) is 0 Å². The highest BCUT2D eigenvalue weighted by molar-refractivity contribution is 5.87. The summed E-state index contributed by atoms with van der Waals surface area (Å²) < 4.78 is 5.75. The maximum absolute atomic E-state index is 13.7. The van der Waals surface area contributed by atoms with E-state index in [2.05, 4.69) is 29.6 Å². The average molecular weight is 529 g/mol. The Morgan fingerprint density at radius 2 is 1.44 bits per heavy atom. The van der Waals surface area contributed by atoms with Gasteiger partial charge in [-0.1, -0.05) is 92.7 Å². The normalized spacial score (nSPS) is 13.4. The minimum atomic E-state index is -1.10. The second-order valence-corrected chi connectivity index (χ2v) is 11.0. The van der Waals surface area contributed by atoms with Crippen LogP contribution in [0.2, 0.25) is 0 Å². The number of carbonyl (C=O) groups is 3. The molecule has 0 aliphatic heterocycles. The maximum Gasteiger partial charge on any atom is 0.407 e. The molecule has 0 spiro atoms. The molecule has 39 heavy (non-hydrogen) atoms. The molecule has 0 aromatic heterocycles. The van der Waals surface area contributed by atoms with Gasteiger partial charge < -0.3 is 20.1 Å². The van der Waals surface area contributed by atoms with Gasteiger partial charge in [-0.2, -0.15) is 0 Å². The van der Waals surface area contributed by atoms with Crippen LogP contribution in [-0.2, 0) is 20.9 Å². The Balaban J connectivity index is 1.48. The number of rotatable bonds is 10. The first-order chi connectivity index (χ1) is 18.6. The Hall–Kier alpha value is -4.13. The number of ether oxygens (including phenoxy) is 1. The summed E-state index contributed by atoms with van der Waals surface area (Å²) in [4.78, 5) is 39.8. The minimum Gasteiger partial charge on any atom is -0.480 e. The van der Waals surface area contributed by atoms with Crippen LogP contribution in [0.15, 0.2) is 78.9 Å². The largest absolute Gasteiger partial charge is 0.480 e. The lowest BCUT2D eigenvalue weighted by atomic mass is 9.77. The van der Waals surface area contributed by atoms with E-state index >= 15 is 0 Å². The minimum absolute atomic E-state index is 0.0766. The summed E-state index contributed by atoms with van der Waals surface area (Å²) in [6.45, 7) is 7.20. The molecular weight excluding hydrogens is 492 g/mol. The molecule has 204 valence electrons. The summed E-state index contributed by atoms with van der Waals surface area (Å²) in [6, 6.07) is 24.9. The molecule has 3 aromatic carbocycles. The Labute approximate surface area is 229 Å². The van der Waals surface area contributed by atoms with E-state index in [0.717, 1.165) is 27.8 Å². The van der Waals surface area contributed by atoms with Gasteiger partial charge in [0.15, 0.2) is 0 Å². The molecule has 2 N–H and O–H groups in total. The van der Waals surface area contributed by atoms with Gasteiger partial charge in [0.1, 0.15) is 13.2 Å². The Kier molecular flexibility index (Phi) is 8.38. The number of benzene rings is 3. The monoisotopic (exact) mass is 528 g/mol. The van der Waals surface area contributed by atoms with Crippen LogP contribution in [0.3, 0.4) is 0 Å². The van der Waals surface area contributed by atoms with Gasteiger partial charge in [-0.15, -0.1) is 0 Å². The fraction of sp³-hybridized carbons (Fsp3) is 0.344. The second-order valence-electron chi connectivity index (χ2n) is 11.0. The highest BCUT2D eigenvalue weighted by Gasteiger charge is 2.43. The quantitative estimate of drug-likeness (QED) is 0.353. The van der Waals surface area contributed by atoms with Crippen molar-refractivity contribution in [2.45, 2.75) is 46.2 Å². The molecule has 1 aliphatic rings. The number of carboxylic acids is 1. The van der Waals surface area contributed by atoms with Crippen molar-refractivity contribution >= 4 is 18.0 Å². The number of amides is 2. The average Bonchev–Trinajstić information content (AvgIpc) is 3.23. The standard InChI is InChI=1S/C32H36N2O5/c1-21(2)29(32(3,4)30(37)34(19-28(35)36)18-22-12-6-5-7-13-22)33-31(38)39-20-27-25-16-10-8-14-23(25)24-15-9-11-17-26(24)27/h5-17,21,27,29H,18-20H2,1-4H3,(H,33,38)(H,35,36). The lowest BCUT2D eigenvalue weighted by molar-refractivity contribution is -0.150. The highest BCUT2D eigenvalue weighted by atomic mass is 16.5. The first-order valence-corrected chi connectivity index (χ1v) is 13.3. The number of nitrogens with zero attached hydrogens (tertiary/aromatic N) is 1. The topological polar surface area (TPSA) is 95.9 Å². The van der Waals surface area contributed by atoms with E-state index < -0.39 is 30.1 Å². The Morgan fingerprint density at radius 1 is 0.897 bits per heavy atom. The molecule has 0 radical (unpaired) electrons. The Bertz CT molecular complexity index is 1290. The summed E-state index contributed by atoms with van der Waals surface area (Å²) in [5.74, 6) is -1.65. The SMILES string of the molecule is CC(C)C(NC(=O)OCC1c2ccccc2-c2ccccc21)C(C)(C)C(=O)N(CC(=O)O)Cc1ccccc1. The maximum atomic E-state index is 13.7. The fourth-order valence-corrected chi connectivity index (χ4v) is 5.65. The van der Waals surface area contributed by atoms with E-state index in [9.17, 15) is 19.5 Å². The fourth-order valence-electron chi connectivity index (χ4n) is 5.65. The van der Waals surface area contributed by atoms with Crippen LogP contribution in [0.25, 0.3) is 11.1 Å². The number of carbonyl (C=O) groups excluding carboxylic acids is 2. The van der Waals surface area contributed by atoms with Crippen LogP contribution in [0.4, 0.5) is 4.79 Å². The second kappa shape index (κ2) is 11.7. The van der Waals surface area contributed by atoms with Crippen LogP contribution in [0.5, 0.6) is 0 Å². The number of hydrogen-bond acceptors (Lipinski definition) is 4. The lowest BCUT2D eigenvalue weighted by Gasteiger charge is -2.39. The van der Waals surface area contributed by atoms with Crippen molar-refractivity contribution in [3.05, 3.63) is 95.6 Å². The predicted octanol–water partition coefficient (Wildman–Crippen LogP) is 5.69. The predicted molar refractivity (Wildman–Crippen MR) is 150 cm³/mol. The van der Waals surface area contributed by atoms with Gasteiger partial charge >= 0.3 is 12.1 Å². The van der Waals surface area contributed by atoms with E-state index in [-0.39, 0.29) is 30.9 Å². The van der Waals surface area contributed by atoms with Crippen molar-refractivity contribution in [3.8, 4) is 11.1 Å². The molecule has 1 unspecified atom stereocenters. The van der Waals surface area contributed by atoms with Gasteiger partial charge in [0.05, 0.1) is 5.41 Å². The van der Waals surface area contributed by atoms with Gasteiger partial charge in [0.2, 0.25) is 5.91 Å². The smallest absolute Gasteiger partial charge is 0.407 e. The molecule has 0 fully saturated rings. The van der Waals surface area contributed by atoms with E-state index in [1.165, 1.54) is 4.90 Å². The molecule has 0 heterocycles. The summed E-state index contributed by atoms with van der Waals surface area (Å²) in [5.41, 5.74) is 4.26. The molecule has 7 nitrogen and oxygen atoms in total. The highest BCUT2D eigenvalue weighted by Crippen LogP contribution is 2.44. The van der Waals surface area contributed by atoms with Crippen LogP contribution < -0.4 is 5.32 Å². The summed E-state index contributed by atoms with van der Waals surface area (Å²) in [5, 5.41) is 12.4. The third-order valence-electron chi connectivity index (χ3n) is 7.44. The summed E-state index contributed by atoms with van der Waals surface area (Å²) in [6.07, 6.45) is -0.607. The number of carboxylic acid groups (broad SMARTS) is 1. The van der Waals surface area contributed by atoms with E-state index in [1.807, 2.05) is 68.4 Å². The number of aliphatic carboxylic acids is 1. The third-order valence-corrected chi connectivity index (χ3v) is 7.44. The molecule has 0 saturated heterocycles. The van der Waals surface area contributed by atoms with E-state index in [4.69, 9.17) is 4.74 Å². The van der Waals surface area contributed by atoms with Gasteiger partial charge in [0, 0.05) is 18.5 Å². The van der Waals surface area contributed by atoms with Crippen molar-refractivity contribution in [1.29, 1.82) is 0 Å². The third kappa shape index (κ3) is 6.14. The molecule has 1 aliphatic carbocycles. The molecule has 7 heteroatoms. The zero-order chi connectivity index (χ0) is 28.2. The molecule has 3 aromatic rings. The molecule has 2 amide bonds. The number of nitrogens with one attached hydrogen (secondary N) is 1. The van der Waals surface area contributed by atoms with Crippen molar-refractivity contribution in [3.63, 3.8) is 0 Å². The summed E-state index contributed by atoms with van der Waals surface area (Å²) >= 11 is 0. The van der Waals surface area contributed by atoms with Crippen molar-refractivity contribution in [2.75, 3.05) is 13.2 Å². The number of alkyl carbamates (subject to hydrolysis) is 1. The zero-order valence-corrected chi connectivity index (χ0v) is 22.9. The first kappa shape index (κ1) is 27.9. The number of fused-ring (bicyclic) bond motifs is 3. The lowest BCUT2D eigenvalue weighted by Crippen LogP contribution is -2.56.